The minimum Gasteiger partial charge on any atom is -0.508 e. The molecule has 0 bridgehead atoms. The predicted octanol–water partition coefficient (Wildman–Crippen LogP) is 4.32. The lowest BCUT2D eigenvalue weighted by atomic mass is 9.85. The summed E-state index contributed by atoms with van der Waals surface area (Å²) in [6.07, 6.45) is 0.749. The number of carbonyl (C=O) groups excluding carboxylic acids is 1. The summed E-state index contributed by atoms with van der Waals surface area (Å²) in [5.41, 5.74) is 1.32. The van der Waals surface area contributed by atoms with Crippen LogP contribution in [0.1, 0.15) is 42.9 Å². The maximum absolute atomic E-state index is 15.0. The number of likely N-dealkylation sites (tertiary alicyclic amines) is 2. The summed E-state index contributed by atoms with van der Waals surface area (Å²) in [4.78, 5) is 16.3. The quantitative estimate of drug-likeness (QED) is 0.804. The van der Waals surface area contributed by atoms with Crippen molar-refractivity contribution >= 4 is 5.91 Å². The third kappa shape index (κ3) is 3.90. The van der Waals surface area contributed by atoms with E-state index in [0.717, 1.165) is 5.56 Å². The van der Waals surface area contributed by atoms with Crippen molar-refractivity contribution < 1.29 is 23.1 Å². The van der Waals surface area contributed by atoms with Crippen LogP contribution in [0.3, 0.4) is 0 Å². The summed E-state index contributed by atoms with van der Waals surface area (Å²) in [6.45, 7) is 2.31. The molecule has 1 N–H and O–H groups in total. The second-order valence-corrected chi connectivity index (χ2v) is 8.23. The number of piperidine rings is 1. The van der Waals surface area contributed by atoms with Crippen LogP contribution in [0.2, 0.25) is 0 Å². The first kappa shape index (κ1) is 20.7. The van der Waals surface area contributed by atoms with Gasteiger partial charge in [-0.25, -0.2) is 13.2 Å². The van der Waals surface area contributed by atoms with E-state index < -0.39 is 24.4 Å². The zero-order valence-electron chi connectivity index (χ0n) is 16.8. The molecule has 2 heterocycles. The van der Waals surface area contributed by atoms with Crippen LogP contribution >= 0.6 is 0 Å². The van der Waals surface area contributed by atoms with Gasteiger partial charge in [0.25, 0.3) is 5.92 Å². The second kappa shape index (κ2) is 7.95. The van der Waals surface area contributed by atoms with E-state index in [-0.39, 0.29) is 29.9 Å². The maximum atomic E-state index is 15.0. The Bertz CT molecular complexity index is 902. The fourth-order valence-corrected chi connectivity index (χ4v) is 4.68. The molecule has 4 nitrogen and oxygen atoms in total. The van der Waals surface area contributed by atoms with Crippen LogP contribution in [-0.4, -0.2) is 52.4 Å². The highest BCUT2D eigenvalue weighted by Crippen LogP contribution is 2.42. The number of amides is 1. The first-order valence-electron chi connectivity index (χ1n) is 10.2. The molecule has 2 fully saturated rings. The van der Waals surface area contributed by atoms with Crippen LogP contribution in [0.5, 0.6) is 5.75 Å². The first-order chi connectivity index (χ1) is 14.3. The molecule has 2 unspecified atom stereocenters. The van der Waals surface area contributed by atoms with Crippen molar-refractivity contribution in [3.8, 4) is 5.75 Å². The molecule has 0 saturated carbocycles. The van der Waals surface area contributed by atoms with E-state index in [1.165, 1.54) is 36.4 Å². The van der Waals surface area contributed by atoms with Gasteiger partial charge in [0.1, 0.15) is 11.6 Å². The Labute approximate surface area is 173 Å². The lowest BCUT2D eigenvalue weighted by molar-refractivity contribution is -0.139. The Hall–Kier alpha value is -2.54. The summed E-state index contributed by atoms with van der Waals surface area (Å²) >= 11 is 0. The molecule has 7 heteroatoms. The summed E-state index contributed by atoms with van der Waals surface area (Å²) in [6, 6.07) is 11.2. The molecular formula is C23H25F3N2O2. The van der Waals surface area contributed by atoms with Crippen molar-refractivity contribution in [2.24, 2.45) is 0 Å². The predicted molar refractivity (Wildman–Crippen MR) is 107 cm³/mol. The SMILES string of the molecule is C[C@@H](c1ccc(F)cc1)N1CCC(N2CCC(c3ccc(O)cc3)C(F)(F)C2)C1=O. The number of benzene rings is 2. The van der Waals surface area contributed by atoms with E-state index in [1.807, 2.05) is 6.92 Å². The minimum atomic E-state index is -2.97. The topological polar surface area (TPSA) is 43.8 Å². The first-order valence-corrected chi connectivity index (χ1v) is 10.2. The van der Waals surface area contributed by atoms with Crippen molar-refractivity contribution in [3.63, 3.8) is 0 Å². The zero-order chi connectivity index (χ0) is 21.5. The number of aromatic hydroxyl groups is 1. The number of nitrogens with zero attached hydrogens (tertiary/aromatic N) is 2. The van der Waals surface area contributed by atoms with Crippen LogP contribution in [0.25, 0.3) is 0 Å². The standard InChI is InChI=1S/C23H25F3N2O2/c1-15(16-2-6-18(24)7-3-16)28-13-11-21(22(28)30)27-12-10-20(23(25,26)14-27)17-4-8-19(29)9-5-17/h2-9,15,20-21,29H,10-14H2,1H3/t15-,20?,21?/m0/s1. The number of phenolic OH excluding ortho intramolecular Hbond substituents is 1. The lowest BCUT2D eigenvalue weighted by Gasteiger charge is -2.40. The van der Waals surface area contributed by atoms with Crippen molar-refractivity contribution in [1.29, 1.82) is 0 Å². The normalized spacial score (nSPS) is 25.5. The van der Waals surface area contributed by atoms with Gasteiger partial charge in [-0.05, 0) is 61.7 Å². The Morgan fingerprint density at radius 2 is 1.70 bits per heavy atom. The molecule has 2 aromatic carbocycles. The average Bonchev–Trinajstić information content (AvgIpc) is 3.09. The van der Waals surface area contributed by atoms with Gasteiger partial charge in [0.15, 0.2) is 0 Å². The van der Waals surface area contributed by atoms with Gasteiger partial charge in [-0.3, -0.25) is 9.69 Å². The molecular weight excluding hydrogens is 393 g/mol. The Morgan fingerprint density at radius 1 is 1.03 bits per heavy atom. The van der Waals surface area contributed by atoms with Gasteiger partial charge in [0.05, 0.1) is 24.5 Å². The number of alkyl halides is 2. The van der Waals surface area contributed by atoms with Gasteiger partial charge in [-0.1, -0.05) is 24.3 Å². The molecule has 2 aliphatic heterocycles. The van der Waals surface area contributed by atoms with E-state index in [1.54, 1.807) is 21.9 Å². The van der Waals surface area contributed by atoms with Gasteiger partial charge < -0.3 is 10.0 Å². The molecule has 0 aromatic heterocycles. The highest BCUT2D eigenvalue weighted by molar-refractivity contribution is 5.84. The van der Waals surface area contributed by atoms with E-state index in [9.17, 15) is 23.1 Å². The molecule has 0 aliphatic carbocycles. The van der Waals surface area contributed by atoms with E-state index in [4.69, 9.17) is 0 Å². The molecule has 2 aliphatic rings. The van der Waals surface area contributed by atoms with E-state index in [0.29, 0.717) is 25.1 Å². The highest BCUT2D eigenvalue weighted by atomic mass is 19.3. The minimum absolute atomic E-state index is 0.0476. The number of hydrogen-bond donors (Lipinski definition) is 1. The largest absolute Gasteiger partial charge is 0.508 e. The number of rotatable bonds is 4. The molecule has 4 rings (SSSR count). The number of phenols is 1. The van der Waals surface area contributed by atoms with Gasteiger partial charge in [-0.15, -0.1) is 0 Å². The highest BCUT2D eigenvalue weighted by Gasteiger charge is 2.49. The van der Waals surface area contributed by atoms with Crippen molar-refractivity contribution in [3.05, 3.63) is 65.5 Å². The number of carbonyl (C=O) groups is 1. The van der Waals surface area contributed by atoms with E-state index in [2.05, 4.69) is 0 Å². The molecule has 2 aromatic rings. The Morgan fingerprint density at radius 3 is 2.33 bits per heavy atom. The molecule has 30 heavy (non-hydrogen) atoms. The van der Waals surface area contributed by atoms with Crippen LogP contribution in [-0.2, 0) is 4.79 Å². The summed E-state index contributed by atoms with van der Waals surface area (Å²) < 4.78 is 43.1. The van der Waals surface area contributed by atoms with Crippen molar-refractivity contribution in [1.82, 2.24) is 9.80 Å². The molecule has 160 valence electrons. The van der Waals surface area contributed by atoms with Gasteiger partial charge in [0, 0.05) is 6.54 Å². The Kier molecular flexibility index (Phi) is 5.49. The second-order valence-electron chi connectivity index (χ2n) is 8.23. The maximum Gasteiger partial charge on any atom is 0.267 e. The van der Waals surface area contributed by atoms with Crippen LogP contribution < -0.4 is 0 Å². The fourth-order valence-electron chi connectivity index (χ4n) is 4.68. The zero-order valence-corrected chi connectivity index (χ0v) is 16.8. The van der Waals surface area contributed by atoms with Gasteiger partial charge in [-0.2, -0.15) is 0 Å². The molecule has 0 spiro atoms. The monoisotopic (exact) mass is 418 g/mol. The smallest absolute Gasteiger partial charge is 0.267 e. The number of halogens is 3. The van der Waals surface area contributed by atoms with Crippen LogP contribution in [0, 0.1) is 5.82 Å². The molecule has 2 saturated heterocycles. The van der Waals surface area contributed by atoms with Gasteiger partial charge >= 0.3 is 0 Å². The van der Waals surface area contributed by atoms with Crippen LogP contribution in [0.4, 0.5) is 13.2 Å². The van der Waals surface area contributed by atoms with Crippen molar-refractivity contribution in [2.75, 3.05) is 19.6 Å². The van der Waals surface area contributed by atoms with E-state index >= 15 is 0 Å². The lowest BCUT2D eigenvalue weighted by Crippen LogP contribution is -2.53. The summed E-state index contributed by atoms with van der Waals surface area (Å²) in [5, 5.41) is 9.41. The molecule has 3 atom stereocenters. The third-order valence-corrected chi connectivity index (χ3v) is 6.40. The summed E-state index contributed by atoms with van der Waals surface area (Å²) in [5.74, 6) is -4.33. The molecule has 0 radical (unpaired) electrons. The van der Waals surface area contributed by atoms with Gasteiger partial charge in [0.2, 0.25) is 5.91 Å². The molecule has 1 amide bonds. The average molecular weight is 418 g/mol. The number of hydrogen-bond acceptors (Lipinski definition) is 3. The third-order valence-electron chi connectivity index (χ3n) is 6.40. The van der Waals surface area contributed by atoms with Crippen molar-refractivity contribution in [2.45, 2.75) is 43.7 Å². The Balaban J connectivity index is 1.44. The van der Waals surface area contributed by atoms with Crippen LogP contribution in [0.15, 0.2) is 48.5 Å². The summed E-state index contributed by atoms with van der Waals surface area (Å²) in [7, 11) is 0. The fraction of sp³-hybridized carbons (Fsp3) is 0.435.